The number of thiazole rings is 1. The van der Waals surface area contributed by atoms with Crippen LogP contribution in [0.4, 0.5) is 13.2 Å². The van der Waals surface area contributed by atoms with E-state index in [1.165, 1.54) is 13.8 Å². The van der Waals surface area contributed by atoms with E-state index in [9.17, 15) is 14.4 Å². The molecular weight excluding hydrogens is 870 g/mol. The summed E-state index contributed by atoms with van der Waals surface area (Å²) in [5.41, 5.74) is 4.80. The molecule has 3 aromatic carbocycles. The third-order valence-electron chi connectivity index (χ3n) is 12.2. The Bertz CT molecular complexity index is 2480. The zero-order valence-corrected chi connectivity index (χ0v) is 39.6. The molecule has 5 aromatic rings. The first-order valence-electron chi connectivity index (χ1n) is 22.6. The van der Waals surface area contributed by atoms with Crippen molar-refractivity contribution in [3.8, 4) is 16.2 Å². The number of aryl methyl sites for hydroxylation is 1. The van der Waals surface area contributed by atoms with E-state index in [0.29, 0.717) is 38.0 Å². The first-order chi connectivity index (χ1) is 31.4. The van der Waals surface area contributed by atoms with Crippen molar-refractivity contribution >= 4 is 40.0 Å². The van der Waals surface area contributed by atoms with Crippen LogP contribution in [0.2, 0.25) is 0 Å². The molecule has 4 heterocycles. The summed E-state index contributed by atoms with van der Waals surface area (Å²) in [7, 11) is 0. The average Bonchev–Trinajstić information content (AvgIpc) is 4.02. The van der Waals surface area contributed by atoms with Crippen molar-refractivity contribution in [2.24, 2.45) is 5.41 Å². The molecule has 3 N–H and O–H groups in total. The summed E-state index contributed by atoms with van der Waals surface area (Å²) >= 11 is 1.58. The van der Waals surface area contributed by atoms with Crippen LogP contribution >= 0.6 is 11.3 Å². The quantitative estimate of drug-likeness (QED) is 0.0749. The Morgan fingerprint density at radius 2 is 1.67 bits per heavy atom. The van der Waals surface area contributed by atoms with E-state index in [0.717, 1.165) is 50.3 Å². The molecule has 7 rings (SSSR count). The van der Waals surface area contributed by atoms with Gasteiger partial charge in [-0.3, -0.25) is 19.3 Å². The normalized spacial score (nSPS) is 18.3. The zero-order valence-electron chi connectivity index (χ0n) is 38.8. The van der Waals surface area contributed by atoms with Crippen LogP contribution in [0.3, 0.4) is 0 Å². The van der Waals surface area contributed by atoms with Gasteiger partial charge in [-0.05, 0) is 75.1 Å². The Kier molecular flexibility index (Phi) is 15.3. The predicted octanol–water partition coefficient (Wildman–Crippen LogP) is 8.21. The minimum atomic E-state index is -1.61. The highest BCUT2D eigenvalue weighted by Crippen LogP contribution is 2.44. The molecule has 66 heavy (non-hydrogen) atoms. The number of rotatable bonds is 18. The number of halogens is 3. The molecule has 2 aliphatic rings. The summed E-state index contributed by atoms with van der Waals surface area (Å²) in [5, 5.41) is 6.80. The minimum absolute atomic E-state index is 0.0146. The van der Waals surface area contributed by atoms with E-state index in [1.807, 2.05) is 93.6 Å². The second kappa shape index (κ2) is 20.7. The van der Waals surface area contributed by atoms with Gasteiger partial charge in [-0.25, -0.2) is 18.2 Å². The third-order valence-corrected chi connectivity index (χ3v) is 13.2. The molecule has 4 atom stereocenters. The second-order valence-electron chi connectivity index (χ2n) is 19.0. The van der Waals surface area contributed by atoms with Crippen LogP contribution in [0.1, 0.15) is 88.5 Å². The standard InChI is InChI=1S/C50H61F3N6O6S/c1-30-23-36-35-11-8-9-12-39(35)56-43(36)44(59(30)28-50(6,7)53)42-37(51)24-34(25-38(42)52)65-22-21-63-19-20-64-27-41(60)57-46(49(3,4)5)48(62)58-18-10-13-40(58)47(61)54-26-32-14-16-33(17-15-32)45-31(2)55-29-66-45/h8-9,11-12,14-17,24-25,29-30,40,44,46,56H,10,13,18-23,26-28H2,1-7H3,(H,54,61)(H,57,60)/t30-,40+,44-,46-/m1/s1. The number of carbonyl (C=O) groups is 3. The number of fused-ring (bicyclic) bond motifs is 3. The van der Waals surface area contributed by atoms with Crippen molar-refractivity contribution < 1.29 is 41.8 Å². The molecule has 16 heteroatoms. The average molecular weight is 931 g/mol. The lowest BCUT2D eigenvalue weighted by molar-refractivity contribution is -0.144. The number of benzene rings is 3. The van der Waals surface area contributed by atoms with Gasteiger partial charge >= 0.3 is 0 Å². The summed E-state index contributed by atoms with van der Waals surface area (Å²) in [4.78, 5) is 52.6. The van der Waals surface area contributed by atoms with Gasteiger partial charge in [0.15, 0.2) is 0 Å². The number of carbonyl (C=O) groups excluding carboxylic acids is 3. The topological polar surface area (TPSA) is 138 Å². The van der Waals surface area contributed by atoms with Gasteiger partial charge in [0, 0.05) is 60.0 Å². The maximum atomic E-state index is 16.0. The molecule has 1 fully saturated rings. The number of hydrogen-bond donors (Lipinski definition) is 3. The smallest absolute Gasteiger partial charge is 0.246 e. The lowest BCUT2D eigenvalue weighted by atomic mass is 9.85. The molecule has 1 saturated heterocycles. The van der Waals surface area contributed by atoms with E-state index in [4.69, 9.17) is 14.2 Å². The summed E-state index contributed by atoms with van der Waals surface area (Å²) in [5.74, 6) is -2.69. The number of alkyl halides is 1. The molecule has 0 unspecified atom stereocenters. The van der Waals surface area contributed by atoms with E-state index in [-0.39, 0.29) is 68.7 Å². The maximum Gasteiger partial charge on any atom is 0.246 e. The van der Waals surface area contributed by atoms with Gasteiger partial charge in [-0.15, -0.1) is 11.3 Å². The highest BCUT2D eigenvalue weighted by atomic mass is 32.1. The number of hydrogen-bond acceptors (Lipinski definition) is 9. The third kappa shape index (κ3) is 11.4. The van der Waals surface area contributed by atoms with Crippen molar-refractivity contribution in [1.82, 2.24) is 30.4 Å². The summed E-state index contributed by atoms with van der Waals surface area (Å²) < 4.78 is 64.0. The first-order valence-corrected chi connectivity index (χ1v) is 23.5. The van der Waals surface area contributed by atoms with E-state index in [1.54, 1.807) is 16.2 Å². The number of likely N-dealkylation sites (tertiary alicyclic amines) is 1. The first kappa shape index (κ1) is 48.6. The minimum Gasteiger partial charge on any atom is -0.491 e. The monoisotopic (exact) mass is 930 g/mol. The molecule has 0 aliphatic carbocycles. The predicted molar refractivity (Wildman–Crippen MR) is 249 cm³/mol. The fourth-order valence-corrected chi connectivity index (χ4v) is 9.80. The molecule has 0 bridgehead atoms. The van der Waals surface area contributed by atoms with Gasteiger partial charge in [0.25, 0.3) is 0 Å². The molecule has 2 aliphatic heterocycles. The SMILES string of the molecule is Cc1ncsc1-c1ccc(CNC(=O)[C@@H]2CCCN2C(=O)[C@@H](NC(=O)COCCOCCOc2cc(F)c([C@@H]3c4[nH]c5ccccc5c4C[C@@H](C)N3CC(C)(C)F)c(F)c2)C(C)(C)C)cc1. The van der Waals surface area contributed by atoms with E-state index >= 15 is 13.2 Å². The van der Waals surface area contributed by atoms with Crippen molar-refractivity contribution in [3.63, 3.8) is 0 Å². The molecular formula is C50H61F3N6O6S. The molecule has 0 saturated carbocycles. The lowest BCUT2D eigenvalue weighted by Gasteiger charge is -2.43. The van der Waals surface area contributed by atoms with Gasteiger partial charge in [0.05, 0.1) is 41.9 Å². The van der Waals surface area contributed by atoms with Gasteiger partial charge in [0.2, 0.25) is 17.7 Å². The fourth-order valence-electron chi connectivity index (χ4n) is 8.99. The Morgan fingerprint density at radius 1 is 0.970 bits per heavy atom. The summed E-state index contributed by atoms with van der Waals surface area (Å²) in [6, 6.07) is 15.3. The largest absolute Gasteiger partial charge is 0.491 e. The van der Waals surface area contributed by atoms with Gasteiger partial charge in [0.1, 0.15) is 48.4 Å². The van der Waals surface area contributed by atoms with Crippen molar-refractivity contribution in [1.29, 1.82) is 0 Å². The number of para-hydroxylation sites is 1. The Morgan fingerprint density at radius 3 is 2.35 bits per heavy atom. The molecule has 0 spiro atoms. The van der Waals surface area contributed by atoms with Gasteiger partial charge in [-0.2, -0.15) is 0 Å². The highest BCUT2D eigenvalue weighted by Gasteiger charge is 2.43. The van der Waals surface area contributed by atoms with Crippen LogP contribution in [-0.4, -0.2) is 107 Å². The van der Waals surface area contributed by atoms with Crippen LogP contribution in [0.5, 0.6) is 5.75 Å². The summed E-state index contributed by atoms with van der Waals surface area (Å²) in [6.07, 6.45) is 1.79. The van der Waals surface area contributed by atoms with Crippen LogP contribution in [0.15, 0.2) is 66.2 Å². The number of nitrogens with one attached hydrogen (secondary N) is 3. The number of ether oxygens (including phenoxy) is 3. The molecule has 3 amide bonds. The highest BCUT2D eigenvalue weighted by molar-refractivity contribution is 7.13. The van der Waals surface area contributed by atoms with Gasteiger partial charge < -0.3 is 34.7 Å². The number of amides is 3. The Balaban J connectivity index is 0.856. The van der Waals surface area contributed by atoms with Crippen LogP contribution in [-0.2, 0) is 36.8 Å². The second-order valence-corrected chi connectivity index (χ2v) is 19.8. The number of H-pyrrole nitrogens is 1. The molecule has 12 nitrogen and oxygen atoms in total. The number of aromatic nitrogens is 2. The molecule has 354 valence electrons. The zero-order chi connectivity index (χ0) is 47.3. The lowest BCUT2D eigenvalue weighted by Crippen LogP contribution is -2.58. The Hall–Kier alpha value is -5.29. The van der Waals surface area contributed by atoms with E-state index in [2.05, 4.69) is 20.6 Å². The van der Waals surface area contributed by atoms with Crippen molar-refractivity contribution in [2.75, 3.05) is 46.1 Å². The Labute approximate surface area is 388 Å². The van der Waals surface area contributed by atoms with Crippen molar-refractivity contribution in [2.45, 2.75) is 104 Å². The maximum absolute atomic E-state index is 16.0. The van der Waals surface area contributed by atoms with E-state index < -0.39 is 46.8 Å². The number of aromatic amines is 1. The van der Waals surface area contributed by atoms with Crippen LogP contribution in [0, 0.1) is 24.0 Å². The number of nitrogens with zero attached hydrogens (tertiary/aromatic N) is 3. The summed E-state index contributed by atoms with van der Waals surface area (Å²) in [6.45, 7) is 13.0. The fraction of sp³-hybridized carbons (Fsp3) is 0.480. The molecule has 2 aromatic heterocycles. The molecule has 0 radical (unpaired) electrons. The van der Waals surface area contributed by atoms with Crippen LogP contribution < -0.4 is 15.4 Å². The van der Waals surface area contributed by atoms with Crippen LogP contribution in [0.25, 0.3) is 21.3 Å². The van der Waals surface area contributed by atoms with Crippen molar-refractivity contribution in [3.05, 3.63) is 106 Å². The van der Waals surface area contributed by atoms with Gasteiger partial charge in [-0.1, -0.05) is 63.2 Å².